The van der Waals surface area contributed by atoms with Crippen LogP contribution in [0.25, 0.3) is 0 Å². The molecule has 2 aromatic carbocycles. The first-order valence-electron chi connectivity index (χ1n) is 11.7. The van der Waals surface area contributed by atoms with Crippen molar-refractivity contribution in [2.45, 2.75) is 31.6 Å². The lowest BCUT2D eigenvalue weighted by Gasteiger charge is -2.31. The van der Waals surface area contributed by atoms with Crippen LogP contribution in [0.2, 0.25) is 0 Å². The van der Waals surface area contributed by atoms with Gasteiger partial charge in [-0.3, -0.25) is 9.78 Å². The highest BCUT2D eigenvalue weighted by Crippen LogP contribution is 2.28. The van der Waals surface area contributed by atoms with Gasteiger partial charge in [0.05, 0.1) is 17.7 Å². The summed E-state index contributed by atoms with van der Waals surface area (Å²) < 4.78 is 32.7. The van der Waals surface area contributed by atoms with Gasteiger partial charge in [-0.1, -0.05) is 24.3 Å². The highest BCUT2D eigenvalue weighted by atomic mass is 19.1. The molecule has 35 heavy (non-hydrogen) atoms. The van der Waals surface area contributed by atoms with Crippen LogP contribution in [0.3, 0.4) is 0 Å². The van der Waals surface area contributed by atoms with Gasteiger partial charge in [0, 0.05) is 31.9 Å². The van der Waals surface area contributed by atoms with Crippen LogP contribution in [0.15, 0.2) is 77.6 Å². The summed E-state index contributed by atoms with van der Waals surface area (Å²) in [4.78, 5) is 23.8. The molecule has 7 heteroatoms. The molecule has 4 aromatic rings. The largest absolute Gasteiger partial charge is 0.445 e. The summed E-state index contributed by atoms with van der Waals surface area (Å²) in [6, 6.07) is 14.6. The first kappa shape index (κ1) is 22.9. The Hall–Kier alpha value is -3.87. The van der Waals surface area contributed by atoms with Gasteiger partial charge in [-0.25, -0.2) is 13.8 Å². The summed E-state index contributed by atoms with van der Waals surface area (Å²) in [6.07, 6.45) is 7.76. The Morgan fingerprint density at radius 2 is 1.80 bits per heavy atom. The van der Waals surface area contributed by atoms with Crippen molar-refractivity contribution >= 4 is 5.91 Å². The fraction of sp³-hybridized carbons (Fsp3) is 0.250. The van der Waals surface area contributed by atoms with Crippen LogP contribution in [-0.4, -0.2) is 33.9 Å². The Labute approximate surface area is 202 Å². The summed E-state index contributed by atoms with van der Waals surface area (Å²) in [6.45, 7) is 1.18. The minimum absolute atomic E-state index is 0.0121. The molecule has 3 heterocycles. The molecule has 5 rings (SSSR count). The number of hydrogen-bond donors (Lipinski definition) is 0. The zero-order valence-corrected chi connectivity index (χ0v) is 19.2. The van der Waals surface area contributed by atoms with Crippen molar-refractivity contribution < 1.29 is 18.0 Å². The van der Waals surface area contributed by atoms with Crippen LogP contribution in [0.4, 0.5) is 8.78 Å². The standard InChI is InChI=1S/C28H25F2N3O2/c29-24-8-6-19(7-9-24)14-26-17-32-27(35-26)22-4-2-10-33(18-22)28(34)23-12-21(15-31-16-23)11-20-3-1-5-25(30)13-20/h1,3,5-9,12-13,15-17,22H,2,4,10-11,14,18H2/t22-/m1/s1. The number of amides is 1. The highest BCUT2D eigenvalue weighted by Gasteiger charge is 2.28. The summed E-state index contributed by atoms with van der Waals surface area (Å²) in [5.74, 6) is 0.712. The van der Waals surface area contributed by atoms with Gasteiger partial charge in [0.2, 0.25) is 0 Å². The maximum atomic E-state index is 13.5. The summed E-state index contributed by atoms with van der Waals surface area (Å²) in [5, 5.41) is 0. The SMILES string of the molecule is O=C(c1cncc(Cc2cccc(F)c2)c1)N1CCC[C@@H](c2ncc(Cc3ccc(F)cc3)o2)C1. The van der Waals surface area contributed by atoms with Crippen LogP contribution in [0, 0.1) is 11.6 Å². The molecule has 1 aliphatic heterocycles. The Kier molecular flexibility index (Phi) is 6.66. The van der Waals surface area contributed by atoms with Gasteiger partial charge in [0.1, 0.15) is 17.4 Å². The maximum absolute atomic E-state index is 13.5. The third-order valence-electron chi connectivity index (χ3n) is 6.26. The van der Waals surface area contributed by atoms with Crippen molar-refractivity contribution in [1.29, 1.82) is 0 Å². The topological polar surface area (TPSA) is 59.2 Å². The van der Waals surface area contributed by atoms with Crippen LogP contribution in [-0.2, 0) is 12.8 Å². The van der Waals surface area contributed by atoms with E-state index in [4.69, 9.17) is 4.42 Å². The number of rotatable bonds is 6. The van der Waals surface area contributed by atoms with Crippen LogP contribution >= 0.6 is 0 Å². The van der Waals surface area contributed by atoms with Crippen LogP contribution in [0.5, 0.6) is 0 Å². The van der Waals surface area contributed by atoms with E-state index in [1.807, 2.05) is 17.0 Å². The number of nitrogens with zero attached hydrogens (tertiary/aromatic N) is 3. The number of likely N-dealkylation sites (tertiary alicyclic amines) is 1. The molecule has 0 bridgehead atoms. The predicted molar refractivity (Wildman–Crippen MR) is 127 cm³/mol. The Morgan fingerprint density at radius 1 is 0.943 bits per heavy atom. The summed E-state index contributed by atoms with van der Waals surface area (Å²) in [5.41, 5.74) is 3.15. The number of benzene rings is 2. The molecule has 1 saturated heterocycles. The molecule has 0 unspecified atom stereocenters. The predicted octanol–water partition coefficient (Wildman–Crippen LogP) is 5.55. The van der Waals surface area contributed by atoms with E-state index < -0.39 is 0 Å². The fourth-order valence-corrected chi connectivity index (χ4v) is 4.53. The molecule has 0 radical (unpaired) electrons. The lowest BCUT2D eigenvalue weighted by molar-refractivity contribution is 0.0697. The molecule has 0 N–H and O–H groups in total. The van der Waals surface area contributed by atoms with Crippen LogP contribution < -0.4 is 0 Å². The van der Waals surface area contributed by atoms with E-state index in [0.29, 0.717) is 43.1 Å². The number of aromatic nitrogens is 2. The molecule has 1 fully saturated rings. The minimum Gasteiger partial charge on any atom is -0.445 e. The molecular weight excluding hydrogens is 448 g/mol. The van der Waals surface area contributed by atoms with E-state index in [9.17, 15) is 13.6 Å². The van der Waals surface area contributed by atoms with Crippen molar-refractivity contribution in [3.63, 3.8) is 0 Å². The van der Waals surface area contributed by atoms with Crippen molar-refractivity contribution in [3.05, 3.63) is 119 Å². The van der Waals surface area contributed by atoms with Crippen LogP contribution in [0.1, 0.15) is 57.5 Å². The van der Waals surface area contributed by atoms with Gasteiger partial charge < -0.3 is 9.32 Å². The van der Waals surface area contributed by atoms with E-state index in [2.05, 4.69) is 9.97 Å². The average Bonchev–Trinajstić information content (AvgIpc) is 3.34. The lowest BCUT2D eigenvalue weighted by Crippen LogP contribution is -2.39. The molecule has 178 valence electrons. The number of pyridine rings is 1. The normalized spacial score (nSPS) is 15.8. The average molecular weight is 474 g/mol. The van der Waals surface area contributed by atoms with Gasteiger partial charge in [-0.2, -0.15) is 0 Å². The van der Waals surface area contributed by atoms with E-state index >= 15 is 0 Å². The molecule has 1 atom stereocenters. The molecule has 1 aliphatic rings. The fourth-order valence-electron chi connectivity index (χ4n) is 4.53. The van der Waals surface area contributed by atoms with Crippen molar-refractivity contribution in [2.24, 2.45) is 0 Å². The number of carbonyl (C=O) groups excluding carboxylic acids is 1. The number of halogens is 2. The number of piperidine rings is 1. The zero-order valence-electron chi connectivity index (χ0n) is 19.2. The molecule has 5 nitrogen and oxygen atoms in total. The van der Waals surface area contributed by atoms with Gasteiger partial charge in [-0.15, -0.1) is 0 Å². The molecule has 0 saturated carbocycles. The third kappa shape index (κ3) is 5.62. The molecule has 2 aromatic heterocycles. The molecule has 0 spiro atoms. The lowest BCUT2D eigenvalue weighted by atomic mass is 9.97. The third-order valence-corrected chi connectivity index (χ3v) is 6.26. The second kappa shape index (κ2) is 10.2. The monoisotopic (exact) mass is 473 g/mol. The molecule has 1 amide bonds. The Morgan fingerprint density at radius 3 is 2.63 bits per heavy atom. The zero-order chi connectivity index (χ0) is 24.2. The van der Waals surface area contributed by atoms with E-state index in [1.54, 1.807) is 36.8 Å². The van der Waals surface area contributed by atoms with E-state index in [-0.39, 0.29) is 23.5 Å². The van der Waals surface area contributed by atoms with Gasteiger partial charge >= 0.3 is 0 Å². The first-order chi connectivity index (χ1) is 17.0. The maximum Gasteiger partial charge on any atom is 0.255 e. The minimum atomic E-state index is -0.283. The smallest absolute Gasteiger partial charge is 0.255 e. The Balaban J connectivity index is 1.25. The number of carbonyl (C=O) groups is 1. The second-order valence-electron chi connectivity index (χ2n) is 8.95. The van der Waals surface area contributed by atoms with Gasteiger partial charge in [0.25, 0.3) is 5.91 Å². The van der Waals surface area contributed by atoms with Crippen molar-refractivity contribution in [2.75, 3.05) is 13.1 Å². The van der Waals surface area contributed by atoms with Gasteiger partial charge in [-0.05, 0) is 66.3 Å². The first-order valence-corrected chi connectivity index (χ1v) is 11.7. The summed E-state index contributed by atoms with van der Waals surface area (Å²) in [7, 11) is 0. The van der Waals surface area contributed by atoms with Gasteiger partial charge in [0.15, 0.2) is 5.89 Å². The Bertz CT molecular complexity index is 1320. The van der Waals surface area contributed by atoms with E-state index in [0.717, 1.165) is 29.5 Å². The second-order valence-corrected chi connectivity index (χ2v) is 8.95. The van der Waals surface area contributed by atoms with E-state index in [1.165, 1.54) is 24.3 Å². The number of oxazole rings is 1. The number of hydrogen-bond acceptors (Lipinski definition) is 4. The highest BCUT2D eigenvalue weighted by molar-refractivity contribution is 5.94. The molecule has 0 aliphatic carbocycles. The summed E-state index contributed by atoms with van der Waals surface area (Å²) >= 11 is 0. The van der Waals surface area contributed by atoms with Crippen molar-refractivity contribution in [1.82, 2.24) is 14.9 Å². The quantitative estimate of drug-likeness (QED) is 0.369. The molecular formula is C28H25F2N3O2. The van der Waals surface area contributed by atoms with Crippen molar-refractivity contribution in [3.8, 4) is 0 Å².